The van der Waals surface area contributed by atoms with E-state index >= 15 is 0 Å². The number of thioether (sulfide) groups is 1. The normalized spacial score (nSPS) is 15.5. The topological polar surface area (TPSA) is 70.5 Å². The Bertz CT molecular complexity index is 1190. The third-order valence-corrected chi connectivity index (χ3v) is 7.46. The van der Waals surface area contributed by atoms with Gasteiger partial charge in [0.25, 0.3) is 10.1 Å². The summed E-state index contributed by atoms with van der Waals surface area (Å²) < 4.78 is 32.2. The molecule has 0 saturated heterocycles. The van der Waals surface area contributed by atoms with E-state index in [2.05, 4.69) is 4.98 Å². The molecule has 1 aliphatic heterocycles. The number of anilines is 1. The maximum atomic E-state index is 11.1. The summed E-state index contributed by atoms with van der Waals surface area (Å²) in [7, 11) is -4.00. The molecule has 2 heterocycles. The van der Waals surface area contributed by atoms with Crippen molar-refractivity contribution in [1.82, 2.24) is 4.98 Å². The molecular formula is C18H14Cl2N2O3S3. The average molecular weight is 473 g/mol. The van der Waals surface area contributed by atoms with E-state index in [-0.39, 0.29) is 12.2 Å². The van der Waals surface area contributed by atoms with E-state index in [1.54, 1.807) is 23.1 Å². The lowest BCUT2D eigenvalue weighted by molar-refractivity contribution is 0.481. The maximum Gasteiger partial charge on any atom is 0.264 e. The van der Waals surface area contributed by atoms with Crippen molar-refractivity contribution in [1.29, 1.82) is 0 Å². The van der Waals surface area contributed by atoms with Crippen LogP contribution in [0, 0.1) is 0 Å². The highest BCUT2D eigenvalue weighted by molar-refractivity contribution is 8.03. The highest BCUT2D eigenvalue weighted by atomic mass is 35.5. The molecule has 3 aromatic rings. The first-order chi connectivity index (χ1) is 13.3. The minimum atomic E-state index is -4.00. The minimum absolute atomic E-state index is 0.290. The molecule has 10 heteroatoms. The van der Waals surface area contributed by atoms with Crippen LogP contribution in [0.4, 0.5) is 5.69 Å². The van der Waals surface area contributed by atoms with Gasteiger partial charge in [0.2, 0.25) is 0 Å². The third kappa shape index (κ3) is 4.48. The van der Waals surface area contributed by atoms with E-state index in [1.807, 2.05) is 47.4 Å². The fourth-order valence-electron chi connectivity index (χ4n) is 2.90. The number of rotatable bonds is 5. The number of fused-ring (bicyclic) bond motifs is 2. The summed E-state index contributed by atoms with van der Waals surface area (Å²) in [6, 6.07) is 11.2. The van der Waals surface area contributed by atoms with Crippen LogP contribution >= 0.6 is 46.3 Å². The van der Waals surface area contributed by atoms with Crippen molar-refractivity contribution < 1.29 is 13.0 Å². The Kier molecular flexibility index (Phi) is 5.61. The Morgan fingerprint density at radius 3 is 2.68 bits per heavy atom. The Morgan fingerprint density at radius 2 is 1.89 bits per heavy atom. The predicted molar refractivity (Wildman–Crippen MR) is 118 cm³/mol. The molecule has 1 N–H and O–H groups in total. The van der Waals surface area contributed by atoms with Crippen molar-refractivity contribution in [2.45, 2.75) is 11.3 Å². The zero-order valence-electron chi connectivity index (χ0n) is 14.3. The summed E-state index contributed by atoms with van der Waals surface area (Å²) in [6.07, 6.45) is 2.27. The van der Waals surface area contributed by atoms with Gasteiger partial charge in [-0.05, 0) is 42.8 Å². The first kappa shape index (κ1) is 20.0. The average Bonchev–Trinajstić information content (AvgIpc) is 3.14. The number of hydrogen-bond donors (Lipinski definition) is 1. The molecule has 0 unspecified atom stereocenters. The molecule has 1 aromatic heterocycles. The van der Waals surface area contributed by atoms with Crippen LogP contribution in [0.25, 0.3) is 16.3 Å². The zero-order chi connectivity index (χ0) is 19.9. The highest BCUT2D eigenvalue weighted by Crippen LogP contribution is 2.48. The van der Waals surface area contributed by atoms with Gasteiger partial charge >= 0.3 is 0 Å². The molecule has 0 fully saturated rings. The molecule has 1 aliphatic rings. The number of benzene rings is 2. The molecule has 0 amide bonds. The van der Waals surface area contributed by atoms with E-state index in [9.17, 15) is 8.42 Å². The fourth-order valence-corrected chi connectivity index (χ4v) is 5.79. The Balaban J connectivity index is 1.67. The van der Waals surface area contributed by atoms with Crippen molar-refractivity contribution in [2.24, 2.45) is 0 Å². The molecule has 0 radical (unpaired) electrons. The fraction of sp³-hybridized carbons (Fsp3) is 0.167. The Hall–Kier alpha value is -1.29. The van der Waals surface area contributed by atoms with Crippen molar-refractivity contribution in [3.63, 3.8) is 0 Å². The van der Waals surface area contributed by atoms with Crippen molar-refractivity contribution in [3.05, 3.63) is 56.5 Å². The van der Waals surface area contributed by atoms with Crippen LogP contribution in [0.2, 0.25) is 10.0 Å². The standard InChI is InChI=1S/C18H14Cl2N2O3S3/c19-11-2-4-15-13(8-11)21-17(26-15)10-18-22(6-1-7-28(23,24)25)14-9-12(20)3-5-16(14)27-18/h2-5,8-10H,1,6-7H2,(H,23,24,25). The molecule has 28 heavy (non-hydrogen) atoms. The Labute approximate surface area is 180 Å². The van der Waals surface area contributed by atoms with Crippen LogP contribution in [0.1, 0.15) is 11.4 Å². The number of thiazole rings is 1. The predicted octanol–water partition coefficient (Wildman–Crippen LogP) is 5.79. The molecule has 0 aliphatic carbocycles. The molecular weight excluding hydrogens is 459 g/mol. The molecule has 4 rings (SSSR count). The van der Waals surface area contributed by atoms with E-state index in [1.165, 1.54) is 0 Å². The summed E-state index contributed by atoms with van der Waals surface area (Å²) in [4.78, 5) is 7.67. The molecule has 0 spiro atoms. The van der Waals surface area contributed by atoms with Crippen molar-refractivity contribution in [2.75, 3.05) is 17.2 Å². The molecule has 5 nitrogen and oxygen atoms in total. The van der Waals surface area contributed by atoms with Crippen LogP contribution in [-0.2, 0) is 10.1 Å². The summed E-state index contributed by atoms with van der Waals surface area (Å²) in [5, 5.41) is 3.01. The van der Waals surface area contributed by atoms with E-state index < -0.39 is 10.1 Å². The maximum absolute atomic E-state index is 11.1. The Morgan fingerprint density at radius 1 is 1.14 bits per heavy atom. The number of nitrogens with zero attached hydrogens (tertiary/aromatic N) is 2. The minimum Gasteiger partial charge on any atom is -0.335 e. The van der Waals surface area contributed by atoms with E-state index in [0.29, 0.717) is 16.6 Å². The van der Waals surface area contributed by atoms with Gasteiger partial charge in [0.15, 0.2) is 0 Å². The van der Waals surface area contributed by atoms with Gasteiger partial charge in [0, 0.05) is 27.6 Å². The smallest absolute Gasteiger partial charge is 0.264 e. The number of aromatic nitrogens is 1. The molecule has 0 saturated carbocycles. The van der Waals surface area contributed by atoms with E-state index in [4.69, 9.17) is 27.8 Å². The SMILES string of the molecule is O=S(=O)(O)CCCN1C(=Cc2nc3cc(Cl)ccc3s2)Sc2ccc(Cl)cc21. The van der Waals surface area contributed by atoms with Crippen molar-refractivity contribution in [3.8, 4) is 0 Å². The summed E-state index contributed by atoms with van der Waals surface area (Å²) in [5.41, 5.74) is 1.76. The van der Waals surface area contributed by atoms with Crippen LogP contribution < -0.4 is 4.90 Å². The lowest BCUT2D eigenvalue weighted by Crippen LogP contribution is -2.21. The highest BCUT2D eigenvalue weighted by Gasteiger charge is 2.26. The first-order valence-corrected chi connectivity index (χ1v) is 12.3. The summed E-state index contributed by atoms with van der Waals surface area (Å²) in [6.45, 7) is 0.433. The second-order valence-corrected chi connectivity index (χ2v) is 10.7. The summed E-state index contributed by atoms with van der Waals surface area (Å²) in [5.74, 6) is -0.295. The second-order valence-electron chi connectivity index (χ2n) is 6.15. The van der Waals surface area contributed by atoms with Gasteiger partial charge in [0.05, 0.1) is 26.7 Å². The van der Waals surface area contributed by atoms with Crippen LogP contribution in [0.15, 0.2) is 46.3 Å². The molecule has 2 aromatic carbocycles. The molecule has 0 bridgehead atoms. The van der Waals surface area contributed by atoms with Crippen molar-refractivity contribution >= 4 is 78.4 Å². The van der Waals surface area contributed by atoms with Gasteiger partial charge in [-0.25, -0.2) is 4.98 Å². The first-order valence-electron chi connectivity index (χ1n) is 8.26. The monoisotopic (exact) mass is 472 g/mol. The van der Waals surface area contributed by atoms with E-state index in [0.717, 1.165) is 30.8 Å². The van der Waals surface area contributed by atoms with Crippen LogP contribution in [-0.4, -0.2) is 30.3 Å². The lowest BCUT2D eigenvalue weighted by atomic mass is 10.3. The lowest BCUT2D eigenvalue weighted by Gasteiger charge is -2.20. The van der Waals surface area contributed by atoms with Gasteiger partial charge in [-0.1, -0.05) is 35.0 Å². The van der Waals surface area contributed by atoms with Crippen LogP contribution in [0.5, 0.6) is 0 Å². The van der Waals surface area contributed by atoms with Gasteiger partial charge in [-0.2, -0.15) is 8.42 Å². The quantitative estimate of drug-likeness (QED) is 0.473. The largest absolute Gasteiger partial charge is 0.335 e. The zero-order valence-corrected chi connectivity index (χ0v) is 18.3. The van der Waals surface area contributed by atoms with Gasteiger partial charge < -0.3 is 4.90 Å². The second kappa shape index (κ2) is 7.85. The van der Waals surface area contributed by atoms with Gasteiger partial charge in [0.1, 0.15) is 5.01 Å². The number of halogens is 2. The molecule has 146 valence electrons. The molecule has 0 atom stereocenters. The van der Waals surface area contributed by atoms with Crippen LogP contribution in [0.3, 0.4) is 0 Å². The number of hydrogen-bond acceptors (Lipinski definition) is 6. The summed E-state index contributed by atoms with van der Waals surface area (Å²) >= 11 is 15.3. The van der Waals surface area contributed by atoms with Gasteiger partial charge in [-0.3, -0.25) is 4.55 Å². The van der Waals surface area contributed by atoms with Gasteiger partial charge in [-0.15, -0.1) is 11.3 Å². The third-order valence-electron chi connectivity index (χ3n) is 4.09.